The fourth-order valence-electron chi connectivity index (χ4n) is 10.5. The Labute approximate surface area is 213 Å². The molecule has 5 bridgehead atoms. The van der Waals surface area contributed by atoms with Crippen LogP contribution in [0.3, 0.4) is 0 Å². The molecular formula is C31H49N2O2+. The van der Waals surface area contributed by atoms with Crippen LogP contribution in [0.1, 0.15) is 96.5 Å². The third kappa shape index (κ3) is 3.09. The van der Waals surface area contributed by atoms with Gasteiger partial charge < -0.3 is 15.1 Å². The highest BCUT2D eigenvalue weighted by atomic mass is 16.3. The Hall–Kier alpha value is -1.10. The lowest BCUT2D eigenvalue weighted by molar-refractivity contribution is -1.04. The number of hydrogen-bond acceptors (Lipinski definition) is 3. The molecule has 35 heavy (non-hydrogen) atoms. The van der Waals surface area contributed by atoms with Crippen LogP contribution in [0.2, 0.25) is 0 Å². The third-order valence-corrected chi connectivity index (χ3v) is 11.8. The molecule has 0 aromatic heterocycles. The molecule has 10 atom stereocenters. The second-order valence-corrected chi connectivity index (χ2v) is 12.9. The summed E-state index contributed by atoms with van der Waals surface area (Å²) < 4.78 is 0.901. The number of likely N-dealkylation sites (N-methyl/N-ethyl adjacent to an activating group) is 1. The molecular weight excluding hydrogens is 432 g/mol. The van der Waals surface area contributed by atoms with Crippen molar-refractivity contribution in [2.45, 2.75) is 127 Å². The molecule has 4 heteroatoms. The van der Waals surface area contributed by atoms with Gasteiger partial charge in [0, 0.05) is 37.4 Å². The summed E-state index contributed by atoms with van der Waals surface area (Å²) in [7, 11) is 2.27. The molecule has 5 fully saturated rings. The number of piperidine rings is 4. The Balaban J connectivity index is 1.26. The number of anilines is 1. The lowest BCUT2D eigenvalue weighted by Crippen LogP contribution is -2.83. The Kier molecular flexibility index (Phi) is 6.25. The van der Waals surface area contributed by atoms with Gasteiger partial charge in [-0.3, -0.25) is 4.48 Å². The van der Waals surface area contributed by atoms with E-state index in [1.54, 1.807) is 0 Å². The van der Waals surface area contributed by atoms with Crippen molar-refractivity contribution >= 4 is 5.69 Å². The van der Waals surface area contributed by atoms with E-state index in [9.17, 15) is 10.2 Å². The lowest BCUT2D eigenvalue weighted by atomic mass is 9.60. The van der Waals surface area contributed by atoms with Crippen LogP contribution in [0.5, 0.6) is 0 Å². The van der Waals surface area contributed by atoms with Gasteiger partial charge in [0.1, 0.15) is 6.04 Å². The molecule has 6 aliphatic rings. The topological polar surface area (TPSA) is 43.7 Å². The van der Waals surface area contributed by atoms with Gasteiger partial charge >= 0.3 is 0 Å². The van der Waals surface area contributed by atoms with Crippen molar-refractivity contribution in [1.29, 1.82) is 0 Å². The molecule has 1 aromatic rings. The summed E-state index contributed by atoms with van der Waals surface area (Å²) in [6.07, 6.45) is 14.9. The lowest BCUT2D eigenvalue weighted by Gasteiger charge is -2.68. The number of quaternary nitrogens is 1. The van der Waals surface area contributed by atoms with Crippen molar-refractivity contribution in [3.05, 3.63) is 29.8 Å². The minimum atomic E-state index is -0.275. The predicted molar refractivity (Wildman–Crippen MR) is 142 cm³/mol. The van der Waals surface area contributed by atoms with Crippen molar-refractivity contribution in [1.82, 2.24) is 0 Å². The summed E-state index contributed by atoms with van der Waals surface area (Å²) >= 11 is 0. The number of unbranched alkanes of at least 4 members (excludes halogenated alkanes) is 8. The summed E-state index contributed by atoms with van der Waals surface area (Å²) in [5.41, 5.74) is 2.58. The zero-order valence-corrected chi connectivity index (χ0v) is 22.4. The molecule has 1 spiro atoms. The van der Waals surface area contributed by atoms with Crippen LogP contribution in [-0.4, -0.2) is 58.7 Å². The van der Waals surface area contributed by atoms with E-state index in [4.69, 9.17) is 0 Å². The molecule has 0 radical (unpaired) electrons. The van der Waals surface area contributed by atoms with Crippen LogP contribution in [0, 0.1) is 17.8 Å². The molecule has 4 nitrogen and oxygen atoms in total. The first kappa shape index (κ1) is 24.2. The van der Waals surface area contributed by atoms with Crippen molar-refractivity contribution in [3.8, 4) is 0 Å². The molecule has 1 aromatic carbocycles. The van der Waals surface area contributed by atoms with Crippen molar-refractivity contribution in [2.75, 3.05) is 18.5 Å². The maximum atomic E-state index is 12.2. The second kappa shape index (κ2) is 9.03. The molecule has 5 aliphatic heterocycles. The van der Waals surface area contributed by atoms with E-state index in [0.29, 0.717) is 35.9 Å². The molecule has 0 amide bonds. The van der Waals surface area contributed by atoms with Crippen molar-refractivity contribution in [3.63, 3.8) is 0 Å². The van der Waals surface area contributed by atoms with Gasteiger partial charge in [-0.1, -0.05) is 77.0 Å². The first-order valence-electron chi connectivity index (χ1n) is 15.1. The second-order valence-electron chi connectivity index (χ2n) is 12.9. The van der Waals surface area contributed by atoms with E-state index in [2.05, 4.69) is 50.1 Å². The molecule has 194 valence electrons. The Morgan fingerprint density at radius 1 is 0.943 bits per heavy atom. The van der Waals surface area contributed by atoms with Crippen LogP contribution in [0.4, 0.5) is 5.69 Å². The van der Waals surface area contributed by atoms with E-state index < -0.39 is 0 Å². The Morgan fingerprint density at radius 2 is 1.63 bits per heavy atom. The van der Waals surface area contributed by atoms with Gasteiger partial charge in [-0.05, 0) is 36.8 Å². The zero-order valence-electron chi connectivity index (χ0n) is 22.4. The normalized spacial score (nSPS) is 44.2. The van der Waals surface area contributed by atoms with Gasteiger partial charge in [-0.25, -0.2) is 0 Å². The number of aliphatic hydroxyl groups excluding tert-OH is 2. The third-order valence-electron chi connectivity index (χ3n) is 11.8. The summed E-state index contributed by atoms with van der Waals surface area (Å²) in [4.78, 5) is 2.52. The SMILES string of the molecule is CCCCCCCCCCC[N+]12[C@H](O)[C@@H](CC)[C@H]3C[C@H]1[C@@H]1N(C)c4ccccc4[C@]14C[C@H]2[C@H]3[C@@H]4O. The fraction of sp³-hybridized carbons (Fsp3) is 0.806. The minimum absolute atomic E-state index is 0.136. The molecule has 7 rings (SSSR count). The molecule has 1 saturated carbocycles. The molecule has 1 unspecified atom stereocenters. The van der Waals surface area contributed by atoms with Gasteiger partial charge in [-0.15, -0.1) is 0 Å². The molecule has 4 saturated heterocycles. The van der Waals surface area contributed by atoms with Gasteiger partial charge in [0.05, 0.1) is 30.1 Å². The predicted octanol–water partition coefficient (Wildman–Crippen LogP) is 5.60. The number of aliphatic hydroxyl groups is 2. The number of hydrogen-bond donors (Lipinski definition) is 2. The monoisotopic (exact) mass is 481 g/mol. The van der Waals surface area contributed by atoms with Crippen LogP contribution in [-0.2, 0) is 5.41 Å². The average Bonchev–Trinajstić information content (AvgIpc) is 3.26. The number of para-hydroxylation sites is 1. The first-order chi connectivity index (χ1) is 17.0. The van der Waals surface area contributed by atoms with E-state index in [1.807, 2.05) is 0 Å². The van der Waals surface area contributed by atoms with Gasteiger partial charge in [0.15, 0.2) is 6.23 Å². The summed E-state index contributed by atoms with van der Waals surface area (Å²) in [5.74, 6) is 1.17. The van der Waals surface area contributed by atoms with Crippen LogP contribution < -0.4 is 4.90 Å². The number of rotatable bonds is 11. The average molecular weight is 482 g/mol. The van der Waals surface area contributed by atoms with Crippen LogP contribution in [0.25, 0.3) is 0 Å². The van der Waals surface area contributed by atoms with E-state index in [1.165, 1.54) is 75.5 Å². The van der Waals surface area contributed by atoms with Gasteiger partial charge in [0.2, 0.25) is 0 Å². The minimum Gasteiger partial charge on any atom is -0.392 e. The number of fused-ring (bicyclic) bond motifs is 2. The highest BCUT2D eigenvalue weighted by Crippen LogP contribution is 2.71. The maximum absolute atomic E-state index is 12.2. The van der Waals surface area contributed by atoms with Crippen LogP contribution >= 0.6 is 0 Å². The first-order valence-corrected chi connectivity index (χ1v) is 15.1. The van der Waals surface area contributed by atoms with E-state index in [0.717, 1.165) is 23.9 Å². The highest BCUT2D eigenvalue weighted by molar-refractivity contribution is 5.66. The molecule has 2 N–H and O–H groups in total. The highest BCUT2D eigenvalue weighted by Gasteiger charge is 2.82. The summed E-state index contributed by atoms with van der Waals surface area (Å²) in [6, 6.07) is 10.1. The van der Waals surface area contributed by atoms with Crippen molar-refractivity contribution in [2.24, 2.45) is 17.8 Å². The smallest absolute Gasteiger partial charge is 0.194 e. The Bertz CT molecular complexity index is 921. The van der Waals surface area contributed by atoms with E-state index >= 15 is 0 Å². The Morgan fingerprint density at radius 3 is 2.34 bits per heavy atom. The van der Waals surface area contributed by atoms with Gasteiger partial charge in [0.25, 0.3) is 0 Å². The number of benzene rings is 1. The summed E-state index contributed by atoms with van der Waals surface area (Å²) in [6.45, 7) is 5.66. The molecule has 5 heterocycles. The zero-order chi connectivity index (χ0) is 24.4. The quantitative estimate of drug-likeness (QED) is 0.319. The van der Waals surface area contributed by atoms with Gasteiger partial charge in [-0.2, -0.15) is 0 Å². The van der Waals surface area contributed by atoms with E-state index in [-0.39, 0.29) is 17.7 Å². The number of nitrogens with zero attached hydrogens (tertiary/aromatic N) is 2. The largest absolute Gasteiger partial charge is 0.392 e. The van der Waals surface area contributed by atoms with Crippen LogP contribution in [0.15, 0.2) is 24.3 Å². The fourth-order valence-corrected chi connectivity index (χ4v) is 10.5. The molecule has 1 aliphatic carbocycles. The maximum Gasteiger partial charge on any atom is 0.194 e. The summed E-state index contributed by atoms with van der Waals surface area (Å²) in [5, 5.41) is 24.2. The van der Waals surface area contributed by atoms with Crippen molar-refractivity contribution < 1.29 is 14.7 Å². The standard InChI is InChI=1S/C31H49N2O2/c1-4-6-7-8-9-10-11-12-15-18-33-25-19-22(21(5-2)30(33)35)27-26(33)20-31(29(27)34)23-16-13-14-17-24(23)32(3)28(25)31/h13-14,16-17,21-22,25-30,34-35H,4-12,15,18-20H2,1-3H3/q+1/t21-,22+,25-,26-,27-,28-,29-,30+,31+,33?/m0/s1.